The lowest BCUT2D eigenvalue weighted by molar-refractivity contribution is 0.381. The van der Waals surface area contributed by atoms with Crippen LogP contribution in [0.1, 0.15) is 49.3 Å². The maximum atomic E-state index is 14.9. The summed E-state index contributed by atoms with van der Waals surface area (Å²) in [5, 5.41) is 3.45. The van der Waals surface area contributed by atoms with Crippen LogP contribution in [0.2, 0.25) is 0 Å². The summed E-state index contributed by atoms with van der Waals surface area (Å²) in [5.74, 6) is 0.883. The van der Waals surface area contributed by atoms with Crippen LogP contribution in [-0.4, -0.2) is 13.7 Å². The SMILES string of the molecule is COc1cc(C2(C)CCCN2)c(F)c2c1CCCC2. The second-order valence-electron chi connectivity index (χ2n) is 5.97. The Morgan fingerprint density at radius 3 is 2.58 bits per heavy atom. The molecule has 1 saturated heterocycles. The third kappa shape index (κ3) is 2.04. The standard InChI is InChI=1S/C16H22FNO/c1-16(8-5-9-18-16)13-10-14(19-2)11-6-3-4-7-12(11)15(13)17/h10,18H,3-9H2,1-2H3. The molecule has 104 valence electrons. The molecule has 1 aromatic rings. The number of hydrogen-bond donors (Lipinski definition) is 1. The summed E-state index contributed by atoms with van der Waals surface area (Å²) in [6.07, 6.45) is 6.11. The van der Waals surface area contributed by atoms with Gasteiger partial charge in [0.1, 0.15) is 11.6 Å². The van der Waals surface area contributed by atoms with Gasteiger partial charge in [-0.3, -0.25) is 0 Å². The fourth-order valence-corrected chi connectivity index (χ4v) is 3.57. The highest BCUT2D eigenvalue weighted by Crippen LogP contribution is 2.40. The van der Waals surface area contributed by atoms with Crippen LogP contribution in [0.4, 0.5) is 4.39 Å². The van der Waals surface area contributed by atoms with E-state index >= 15 is 0 Å². The third-order valence-electron chi connectivity index (χ3n) is 4.73. The zero-order valence-electron chi connectivity index (χ0n) is 11.8. The molecule has 0 saturated carbocycles. The molecule has 1 unspecified atom stereocenters. The Hall–Kier alpha value is -1.09. The first-order chi connectivity index (χ1) is 9.15. The maximum absolute atomic E-state index is 14.9. The van der Waals surface area contributed by atoms with Gasteiger partial charge in [0, 0.05) is 16.7 Å². The first kappa shape index (κ1) is 12.9. The molecule has 3 rings (SSSR count). The number of halogens is 1. The summed E-state index contributed by atoms with van der Waals surface area (Å²) in [5.41, 5.74) is 2.55. The van der Waals surface area contributed by atoms with Crippen LogP contribution in [0.15, 0.2) is 6.07 Å². The number of rotatable bonds is 2. The zero-order valence-corrected chi connectivity index (χ0v) is 11.8. The summed E-state index contributed by atoms with van der Waals surface area (Å²) >= 11 is 0. The topological polar surface area (TPSA) is 21.3 Å². The van der Waals surface area contributed by atoms with Gasteiger partial charge >= 0.3 is 0 Å². The Kier molecular flexibility index (Phi) is 3.25. The van der Waals surface area contributed by atoms with E-state index in [0.29, 0.717) is 0 Å². The Labute approximate surface area is 114 Å². The Morgan fingerprint density at radius 1 is 1.21 bits per heavy atom. The number of hydrogen-bond acceptors (Lipinski definition) is 2. The van der Waals surface area contributed by atoms with Crippen molar-refractivity contribution in [2.75, 3.05) is 13.7 Å². The van der Waals surface area contributed by atoms with Crippen molar-refractivity contribution in [2.24, 2.45) is 0 Å². The maximum Gasteiger partial charge on any atom is 0.131 e. The molecule has 1 heterocycles. The second kappa shape index (κ2) is 4.78. The van der Waals surface area contributed by atoms with E-state index in [1.165, 1.54) is 0 Å². The van der Waals surface area contributed by atoms with Crippen molar-refractivity contribution in [3.63, 3.8) is 0 Å². The molecule has 1 aliphatic carbocycles. The summed E-state index contributed by atoms with van der Waals surface area (Å²) in [7, 11) is 1.69. The van der Waals surface area contributed by atoms with E-state index in [9.17, 15) is 4.39 Å². The van der Waals surface area contributed by atoms with Gasteiger partial charge in [0.05, 0.1) is 7.11 Å². The Morgan fingerprint density at radius 2 is 1.95 bits per heavy atom. The molecule has 19 heavy (non-hydrogen) atoms. The largest absolute Gasteiger partial charge is 0.496 e. The van der Waals surface area contributed by atoms with Crippen molar-refractivity contribution in [3.8, 4) is 5.75 Å². The number of nitrogens with one attached hydrogen (secondary N) is 1. The third-order valence-corrected chi connectivity index (χ3v) is 4.73. The van der Waals surface area contributed by atoms with Crippen LogP contribution in [0.5, 0.6) is 5.75 Å². The molecular weight excluding hydrogens is 241 g/mol. The van der Waals surface area contributed by atoms with Crippen LogP contribution >= 0.6 is 0 Å². The minimum Gasteiger partial charge on any atom is -0.496 e. The fourth-order valence-electron chi connectivity index (χ4n) is 3.57. The first-order valence-electron chi connectivity index (χ1n) is 7.29. The van der Waals surface area contributed by atoms with Crippen LogP contribution in [0, 0.1) is 5.82 Å². The lowest BCUT2D eigenvalue weighted by Gasteiger charge is -2.29. The minimum atomic E-state index is -0.232. The van der Waals surface area contributed by atoms with E-state index in [4.69, 9.17) is 4.74 Å². The highest BCUT2D eigenvalue weighted by molar-refractivity contribution is 5.48. The summed E-state index contributed by atoms with van der Waals surface area (Å²) in [6.45, 7) is 3.07. The fraction of sp³-hybridized carbons (Fsp3) is 0.625. The Bertz CT molecular complexity index is 492. The summed E-state index contributed by atoms with van der Waals surface area (Å²) in [4.78, 5) is 0. The van der Waals surface area contributed by atoms with E-state index in [1.54, 1.807) is 7.11 Å². The van der Waals surface area contributed by atoms with Gasteiger partial charge in [-0.05, 0) is 63.6 Å². The van der Waals surface area contributed by atoms with Gasteiger partial charge < -0.3 is 10.1 Å². The predicted molar refractivity (Wildman–Crippen MR) is 74.2 cm³/mol. The van der Waals surface area contributed by atoms with E-state index in [0.717, 1.165) is 67.5 Å². The molecule has 1 aromatic carbocycles. The smallest absolute Gasteiger partial charge is 0.131 e. The molecule has 1 fully saturated rings. The molecule has 1 N–H and O–H groups in total. The second-order valence-corrected chi connectivity index (χ2v) is 5.97. The number of methoxy groups -OCH3 is 1. The molecule has 1 aliphatic heterocycles. The van der Waals surface area contributed by atoms with E-state index in [-0.39, 0.29) is 11.4 Å². The van der Waals surface area contributed by atoms with Crippen molar-refractivity contribution in [1.29, 1.82) is 0 Å². The van der Waals surface area contributed by atoms with E-state index in [1.807, 2.05) is 6.07 Å². The van der Waals surface area contributed by atoms with E-state index in [2.05, 4.69) is 12.2 Å². The van der Waals surface area contributed by atoms with Gasteiger partial charge in [0.15, 0.2) is 0 Å². The van der Waals surface area contributed by atoms with Gasteiger partial charge in [-0.25, -0.2) is 4.39 Å². The molecule has 2 aliphatic rings. The van der Waals surface area contributed by atoms with Gasteiger partial charge in [-0.1, -0.05) is 0 Å². The van der Waals surface area contributed by atoms with Crippen molar-refractivity contribution >= 4 is 0 Å². The van der Waals surface area contributed by atoms with Crippen LogP contribution < -0.4 is 10.1 Å². The number of benzene rings is 1. The number of fused-ring (bicyclic) bond motifs is 1. The molecular formula is C16H22FNO. The van der Waals surface area contributed by atoms with Gasteiger partial charge in [-0.15, -0.1) is 0 Å². The first-order valence-corrected chi connectivity index (χ1v) is 7.29. The van der Waals surface area contributed by atoms with Crippen molar-refractivity contribution in [2.45, 2.75) is 51.0 Å². The van der Waals surface area contributed by atoms with E-state index < -0.39 is 0 Å². The molecule has 1 atom stereocenters. The monoisotopic (exact) mass is 263 g/mol. The molecule has 2 nitrogen and oxygen atoms in total. The lowest BCUT2D eigenvalue weighted by atomic mass is 9.83. The lowest BCUT2D eigenvalue weighted by Crippen LogP contribution is -2.34. The summed E-state index contributed by atoms with van der Waals surface area (Å²) in [6, 6.07) is 1.93. The number of ether oxygens (including phenoxy) is 1. The minimum absolute atomic E-state index is 0.00685. The van der Waals surface area contributed by atoms with Crippen LogP contribution in [-0.2, 0) is 18.4 Å². The predicted octanol–water partition coefficient (Wildman–Crippen LogP) is 3.31. The molecule has 3 heteroatoms. The van der Waals surface area contributed by atoms with Gasteiger partial charge in [0.2, 0.25) is 0 Å². The Balaban J connectivity index is 2.15. The van der Waals surface area contributed by atoms with Crippen molar-refractivity contribution in [3.05, 3.63) is 28.6 Å². The average Bonchev–Trinajstić information content (AvgIpc) is 2.87. The van der Waals surface area contributed by atoms with Crippen LogP contribution in [0.3, 0.4) is 0 Å². The quantitative estimate of drug-likeness (QED) is 0.884. The molecule has 0 amide bonds. The normalized spacial score (nSPS) is 26.3. The van der Waals surface area contributed by atoms with Gasteiger partial charge in [-0.2, -0.15) is 0 Å². The van der Waals surface area contributed by atoms with Crippen LogP contribution in [0.25, 0.3) is 0 Å². The highest BCUT2D eigenvalue weighted by Gasteiger charge is 2.35. The molecule has 0 aromatic heterocycles. The molecule has 0 bridgehead atoms. The average molecular weight is 263 g/mol. The zero-order chi connectivity index (χ0) is 13.5. The van der Waals surface area contributed by atoms with Crippen molar-refractivity contribution in [1.82, 2.24) is 5.32 Å². The highest BCUT2D eigenvalue weighted by atomic mass is 19.1. The molecule has 0 spiro atoms. The van der Waals surface area contributed by atoms with Gasteiger partial charge in [0.25, 0.3) is 0 Å². The van der Waals surface area contributed by atoms with Crippen molar-refractivity contribution < 1.29 is 9.13 Å². The molecule has 0 radical (unpaired) electrons. The summed E-state index contributed by atoms with van der Waals surface area (Å²) < 4.78 is 20.4.